The number of rotatable bonds is 1. The summed E-state index contributed by atoms with van der Waals surface area (Å²) in [6, 6.07) is 1.54. The second-order valence-corrected chi connectivity index (χ2v) is 4.82. The minimum Gasteiger partial charge on any atom is -0.508 e. The fourth-order valence-electron chi connectivity index (χ4n) is 3.34. The lowest BCUT2D eigenvalue weighted by molar-refractivity contribution is 0.314. The van der Waals surface area contributed by atoms with Gasteiger partial charge >= 0.3 is 0 Å². The molecule has 4 rings (SSSR count). The molecule has 3 aliphatic carbocycles. The van der Waals surface area contributed by atoms with Crippen molar-refractivity contribution in [1.82, 2.24) is 0 Å². The van der Waals surface area contributed by atoms with Crippen LogP contribution in [0.5, 0.6) is 17.2 Å². The van der Waals surface area contributed by atoms with Crippen LogP contribution in [-0.2, 0) is 0 Å². The molecule has 0 heterocycles. The Kier molecular flexibility index (Phi) is 2.03. The van der Waals surface area contributed by atoms with E-state index in [0.29, 0.717) is 23.3 Å². The summed E-state index contributed by atoms with van der Waals surface area (Å²) in [6.07, 6.45) is 4.52. The number of hydrogen-bond donors (Lipinski definition) is 2. The summed E-state index contributed by atoms with van der Waals surface area (Å²) in [5.41, 5.74) is 1.92. The minimum atomic E-state index is 0.240. The predicted molar refractivity (Wildman–Crippen MR) is 60.3 cm³/mol. The molecule has 3 heteroatoms. The van der Waals surface area contributed by atoms with Crippen LogP contribution in [0.3, 0.4) is 0 Å². The van der Waals surface area contributed by atoms with E-state index in [2.05, 4.69) is 0 Å². The molecule has 0 aliphatic heterocycles. The summed E-state index contributed by atoms with van der Waals surface area (Å²) in [7, 11) is 1.52. The highest BCUT2D eigenvalue weighted by molar-refractivity contribution is 5.60. The van der Waals surface area contributed by atoms with Crippen LogP contribution in [0.15, 0.2) is 6.07 Å². The fraction of sp³-hybridized carbons (Fsp3) is 0.538. The highest BCUT2D eigenvalue weighted by Gasteiger charge is 2.38. The average Bonchev–Trinajstić information content (AvgIpc) is 2.34. The number of benzene rings is 1. The molecule has 0 radical (unpaired) electrons. The average molecular weight is 220 g/mol. The molecule has 0 spiro atoms. The summed E-state index contributed by atoms with van der Waals surface area (Å²) in [4.78, 5) is 0. The van der Waals surface area contributed by atoms with E-state index >= 15 is 0 Å². The molecule has 0 amide bonds. The Morgan fingerprint density at radius 1 is 1.06 bits per heavy atom. The molecule has 3 aliphatic rings. The zero-order valence-corrected chi connectivity index (χ0v) is 9.36. The minimum absolute atomic E-state index is 0.240. The lowest BCUT2D eigenvalue weighted by atomic mass is 9.66. The van der Waals surface area contributed by atoms with E-state index < -0.39 is 0 Å². The van der Waals surface area contributed by atoms with Crippen molar-refractivity contribution >= 4 is 0 Å². The van der Waals surface area contributed by atoms with Crippen molar-refractivity contribution in [2.45, 2.75) is 37.5 Å². The van der Waals surface area contributed by atoms with Crippen LogP contribution < -0.4 is 4.74 Å². The molecule has 1 fully saturated rings. The van der Waals surface area contributed by atoms with Crippen molar-refractivity contribution in [3.05, 3.63) is 17.2 Å². The normalized spacial score (nSPS) is 26.6. The third-order valence-electron chi connectivity index (χ3n) is 4.09. The molecule has 2 bridgehead atoms. The Morgan fingerprint density at radius 3 is 2.19 bits per heavy atom. The van der Waals surface area contributed by atoms with Gasteiger partial charge in [0.05, 0.1) is 7.11 Å². The van der Waals surface area contributed by atoms with Gasteiger partial charge in [0.25, 0.3) is 0 Å². The van der Waals surface area contributed by atoms with Gasteiger partial charge < -0.3 is 14.9 Å². The van der Waals surface area contributed by atoms with Gasteiger partial charge in [0.15, 0.2) is 11.5 Å². The number of fused-ring (bicyclic) bond motifs is 2. The molecule has 86 valence electrons. The van der Waals surface area contributed by atoms with E-state index in [1.807, 2.05) is 0 Å². The molecule has 0 unspecified atom stereocenters. The highest BCUT2D eigenvalue weighted by atomic mass is 16.5. The van der Waals surface area contributed by atoms with Gasteiger partial charge in [-0.25, -0.2) is 0 Å². The summed E-state index contributed by atoms with van der Waals surface area (Å²) in [5.74, 6) is 1.75. The van der Waals surface area contributed by atoms with Crippen molar-refractivity contribution in [2.75, 3.05) is 7.11 Å². The topological polar surface area (TPSA) is 49.7 Å². The maximum Gasteiger partial charge on any atom is 0.164 e. The first kappa shape index (κ1) is 9.82. The van der Waals surface area contributed by atoms with Gasteiger partial charge in [-0.3, -0.25) is 0 Å². The largest absolute Gasteiger partial charge is 0.508 e. The summed E-state index contributed by atoms with van der Waals surface area (Å²) in [6.45, 7) is 0. The van der Waals surface area contributed by atoms with Gasteiger partial charge in [-0.2, -0.15) is 0 Å². The first-order valence-corrected chi connectivity index (χ1v) is 5.85. The number of phenolic OH excluding ortho intramolecular Hbond substituents is 2. The Hall–Kier alpha value is -1.38. The number of ether oxygens (including phenoxy) is 1. The zero-order valence-electron chi connectivity index (χ0n) is 9.36. The Morgan fingerprint density at radius 2 is 1.62 bits per heavy atom. The Labute approximate surface area is 94.7 Å². The molecular weight excluding hydrogens is 204 g/mol. The van der Waals surface area contributed by atoms with Crippen LogP contribution in [-0.4, -0.2) is 17.3 Å². The van der Waals surface area contributed by atoms with Crippen LogP contribution in [0.2, 0.25) is 0 Å². The van der Waals surface area contributed by atoms with Crippen LogP contribution in [0.1, 0.15) is 48.6 Å². The van der Waals surface area contributed by atoms with Gasteiger partial charge in [-0.15, -0.1) is 0 Å². The van der Waals surface area contributed by atoms with Crippen LogP contribution >= 0.6 is 0 Å². The molecule has 1 aromatic carbocycles. The van der Waals surface area contributed by atoms with Gasteiger partial charge in [0, 0.05) is 17.2 Å². The standard InChI is InChI=1S/C13H16O3/c1-16-10-6-9(14)11-7-2-4-8(5-3-7)12(11)13(10)15/h6-8,14-15H,2-5H2,1H3. The van der Waals surface area contributed by atoms with E-state index in [0.717, 1.165) is 36.8 Å². The van der Waals surface area contributed by atoms with Gasteiger partial charge in [0.1, 0.15) is 5.75 Å². The molecule has 0 atom stereocenters. The number of aromatic hydroxyl groups is 2. The van der Waals surface area contributed by atoms with Gasteiger partial charge in [-0.05, 0) is 37.5 Å². The molecule has 0 saturated heterocycles. The molecule has 2 N–H and O–H groups in total. The van der Waals surface area contributed by atoms with E-state index in [1.54, 1.807) is 0 Å². The molecular formula is C13H16O3. The molecule has 3 nitrogen and oxygen atoms in total. The van der Waals surface area contributed by atoms with E-state index in [-0.39, 0.29) is 5.75 Å². The van der Waals surface area contributed by atoms with E-state index in [9.17, 15) is 10.2 Å². The van der Waals surface area contributed by atoms with Crippen LogP contribution in [0.25, 0.3) is 0 Å². The van der Waals surface area contributed by atoms with Gasteiger partial charge in [0.2, 0.25) is 0 Å². The highest BCUT2D eigenvalue weighted by Crippen LogP contribution is 2.57. The van der Waals surface area contributed by atoms with Crippen LogP contribution in [0.4, 0.5) is 0 Å². The van der Waals surface area contributed by atoms with Gasteiger partial charge in [-0.1, -0.05) is 0 Å². The quantitative estimate of drug-likeness (QED) is 0.715. The Bertz CT molecular complexity index is 431. The SMILES string of the molecule is COc1cc(O)c2c(c1O)C1CCC2CC1. The Balaban J connectivity index is 2.26. The predicted octanol–water partition coefficient (Wildman–Crippen LogP) is 2.86. The van der Waals surface area contributed by atoms with Crippen molar-refractivity contribution in [3.63, 3.8) is 0 Å². The van der Waals surface area contributed by atoms with E-state index in [1.165, 1.54) is 13.2 Å². The lowest BCUT2D eigenvalue weighted by Crippen LogP contribution is -2.22. The van der Waals surface area contributed by atoms with Crippen molar-refractivity contribution in [1.29, 1.82) is 0 Å². The number of hydrogen-bond acceptors (Lipinski definition) is 3. The second kappa shape index (κ2) is 3.30. The van der Waals surface area contributed by atoms with Crippen LogP contribution in [0, 0.1) is 0 Å². The summed E-state index contributed by atoms with van der Waals surface area (Å²) >= 11 is 0. The smallest absolute Gasteiger partial charge is 0.164 e. The van der Waals surface area contributed by atoms with Crippen molar-refractivity contribution in [3.8, 4) is 17.2 Å². The lowest BCUT2D eigenvalue weighted by Gasteiger charge is -2.39. The monoisotopic (exact) mass is 220 g/mol. The maximum atomic E-state index is 10.1. The third kappa shape index (κ3) is 1.14. The second-order valence-electron chi connectivity index (χ2n) is 4.82. The summed E-state index contributed by atoms with van der Waals surface area (Å²) in [5, 5.41) is 20.2. The third-order valence-corrected chi connectivity index (χ3v) is 4.09. The van der Waals surface area contributed by atoms with E-state index in [4.69, 9.17) is 4.74 Å². The fourth-order valence-corrected chi connectivity index (χ4v) is 3.34. The number of methoxy groups -OCH3 is 1. The molecule has 1 aromatic rings. The van der Waals surface area contributed by atoms with Crippen molar-refractivity contribution in [2.24, 2.45) is 0 Å². The first-order valence-electron chi connectivity index (χ1n) is 5.85. The number of phenols is 2. The summed E-state index contributed by atoms with van der Waals surface area (Å²) < 4.78 is 5.09. The molecule has 1 saturated carbocycles. The van der Waals surface area contributed by atoms with Crippen molar-refractivity contribution < 1.29 is 14.9 Å². The zero-order chi connectivity index (χ0) is 11.3. The molecule has 0 aromatic heterocycles. The maximum absolute atomic E-state index is 10.1. The first-order chi connectivity index (χ1) is 7.72. The molecule has 16 heavy (non-hydrogen) atoms.